The van der Waals surface area contributed by atoms with Gasteiger partial charge in [0.05, 0.1) is 0 Å². The summed E-state index contributed by atoms with van der Waals surface area (Å²) >= 11 is 17.9. The van der Waals surface area contributed by atoms with Crippen LogP contribution in [0, 0.1) is 5.92 Å². The molecule has 1 aromatic rings. The van der Waals surface area contributed by atoms with Gasteiger partial charge in [-0.25, -0.2) is 0 Å². The Kier molecular flexibility index (Phi) is 4.55. The van der Waals surface area contributed by atoms with Gasteiger partial charge in [-0.2, -0.15) is 0 Å². The number of halogens is 3. The molecule has 0 aliphatic heterocycles. The number of hydrogen-bond acceptors (Lipinski definition) is 2. The fourth-order valence-corrected chi connectivity index (χ4v) is 2.99. The summed E-state index contributed by atoms with van der Waals surface area (Å²) in [7, 11) is 0. The van der Waals surface area contributed by atoms with Gasteiger partial charge in [-0.05, 0) is 49.9 Å². The molecule has 110 valence electrons. The third-order valence-corrected chi connectivity index (χ3v) is 4.98. The van der Waals surface area contributed by atoms with Crippen LogP contribution in [0.15, 0.2) is 24.3 Å². The highest BCUT2D eigenvalue weighted by Crippen LogP contribution is 2.54. The summed E-state index contributed by atoms with van der Waals surface area (Å²) < 4.78 is -0.596. The van der Waals surface area contributed by atoms with E-state index in [0.717, 1.165) is 18.4 Å². The van der Waals surface area contributed by atoms with Crippen LogP contribution in [-0.4, -0.2) is 16.8 Å². The van der Waals surface area contributed by atoms with Crippen LogP contribution in [0.2, 0.25) is 5.02 Å². The van der Waals surface area contributed by atoms with Crippen molar-refractivity contribution in [3.63, 3.8) is 0 Å². The van der Waals surface area contributed by atoms with Crippen LogP contribution in [0.1, 0.15) is 25.3 Å². The number of carbonyl (C=O) groups is 1. The van der Waals surface area contributed by atoms with Crippen LogP contribution in [0.3, 0.4) is 0 Å². The summed E-state index contributed by atoms with van der Waals surface area (Å²) in [5.41, 5.74) is 5.33. The molecule has 1 aliphatic carbocycles. The van der Waals surface area contributed by atoms with Crippen molar-refractivity contribution in [3.8, 4) is 0 Å². The minimum absolute atomic E-state index is 0.273. The van der Waals surface area contributed by atoms with Crippen molar-refractivity contribution in [2.24, 2.45) is 11.7 Å². The monoisotopic (exact) mass is 334 g/mol. The van der Waals surface area contributed by atoms with Crippen LogP contribution in [0.5, 0.6) is 0 Å². The second-order valence-electron chi connectivity index (χ2n) is 5.38. The van der Waals surface area contributed by atoms with Crippen LogP contribution >= 0.6 is 34.8 Å². The molecule has 0 heterocycles. The van der Waals surface area contributed by atoms with Gasteiger partial charge in [0.1, 0.15) is 9.87 Å². The molecule has 0 saturated heterocycles. The topological polar surface area (TPSA) is 55.1 Å². The van der Waals surface area contributed by atoms with E-state index in [2.05, 4.69) is 5.32 Å². The molecule has 0 aromatic heterocycles. The summed E-state index contributed by atoms with van der Waals surface area (Å²) in [5.74, 6) is -0.173. The number of benzene rings is 1. The van der Waals surface area contributed by atoms with Crippen molar-refractivity contribution >= 4 is 40.7 Å². The van der Waals surface area contributed by atoms with Crippen molar-refractivity contribution in [2.45, 2.75) is 29.6 Å². The Bertz CT molecular complexity index is 521. The maximum atomic E-state index is 11.8. The molecule has 3 nitrogen and oxygen atoms in total. The Labute approximate surface area is 133 Å². The Morgan fingerprint density at radius 1 is 1.55 bits per heavy atom. The quantitative estimate of drug-likeness (QED) is 0.784. The number of nitrogens with one attached hydrogen (secondary N) is 1. The highest BCUT2D eigenvalue weighted by molar-refractivity contribution is 6.50. The van der Waals surface area contributed by atoms with Gasteiger partial charge in [0.15, 0.2) is 0 Å². The molecule has 1 saturated carbocycles. The van der Waals surface area contributed by atoms with E-state index in [0.29, 0.717) is 11.6 Å². The van der Waals surface area contributed by atoms with Gasteiger partial charge >= 0.3 is 0 Å². The van der Waals surface area contributed by atoms with Gasteiger partial charge in [0.2, 0.25) is 5.91 Å². The largest absolute Gasteiger partial charge is 0.368 e. The third-order valence-electron chi connectivity index (χ3n) is 3.82. The number of rotatable bonds is 6. The van der Waals surface area contributed by atoms with Crippen LogP contribution in [0.4, 0.5) is 0 Å². The molecule has 20 heavy (non-hydrogen) atoms. The first-order valence-electron chi connectivity index (χ1n) is 6.44. The average Bonchev–Trinajstić information content (AvgIpc) is 2.96. The zero-order chi connectivity index (χ0) is 15.0. The zero-order valence-corrected chi connectivity index (χ0v) is 13.4. The predicted octanol–water partition coefficient (Wildman–Crippen LogP) is 3.21. The Hall–Kier alpha value is -0.480. The van der Waals surface area contributed by atoms with Crippen LogP contribution < -0.4 is 11.1 Å². The first kappa shape index (κ1) is 15.9. The van der Waals surface area contributed by atoms with E-state index in [9.17, 15) is 4.79 Å². The Morgan fingerprint density at radius 3 is 2.70 bits per heavy atom. The molecule has 2 rings (SSSR count). The molecular weight excluding hydrogens is 319 g/mol. The third kappa shape index (κ3) is 3.40. The minimum Gasteiger partial charge on any atom is -0.368 e. The predicted molar refractivity (Wildman–Crippen MR) is 83.2 cm³/mol. The van der Waals surface area contributed by atoms with Crippen molar-refractivity contribution in [3.05, 3.63) is 34.9 Å². The molecule has 6 heteroatoms. The van der Waals surface area contributed by atoms with E-state index >= 15 is 0 Å². The summed E-state index contributed by atoms with van der Waals surface area (Å²) in [6, 6.07) is 7.12. The highest BCUT2D eigenvalue weighted by Gasteiger charge is 2.51. The van der Waals surface area contributed by atoms with Crippen molar-refractivity contribution < 1.29 is 4.79 Å². The first-order valence-corrected chi connectivity index (χ1v) is 7.58. The summed E-state index contributed by atoms with van der Waals surface area (Å²) in [5, 5.41) is 3.77. The summed E-state index contributed by atoms with van der Waals surface area (Å²) in [6.45, 7) is 2.36. The lowest BCUT2D eigenvalue weighted by atomic mass is 9.91. The Balaban J connectivity index is 2.04. The van der Waals surface area contributed by atoms with E-state index in [1.165, 1.54) is 0 Å². The van der Waals surface area contributed by atoms with Crippen molar-refractivity contribution in [2.75, 3.05) is 6.54 Å². The molecule has 1 amide bonds. The number of hydrogen-bond donors (Lipinski definition) is 2. The number of amides is 1. The summed E-state index contributed by atoms with van der Waals surface area (Å²) in [6.07, 6.45) is 1.60. The lowest BCUT2D eigenvalue weighted by Crippen LogP contribution is -2.50. The number of alkyl halides is 2. The fourth-order valence-electron chi connectivity index (χ4n) is 2.21. The maximum Gasteiger partial charge on any atom is 0.242 e. The lowest BCUT2D eigenvalue weighted by Gasteiger charge is -2.28. The van der Waals surface area contributed by atoms with Gasteiger partial charge in [-0.15, -0.1) is 23.2 Å². The standard InChI is InChI=1S/C14H17Cl3N2O/c1-13(12(18)20,9-3-2-4-11(15)7-9)19-6-5-10-8-14(10,16)17/h2-4,7,10,19H,5-6,8H2,1H3,(H2,18,20)/t10-,13-/m1/s1. The SMILES string of the molecule is C[C@](NCC[C@@H]1CC1(Cl)Cl)(C(N)=O)c1cccc(Cl)c1. The van der Waals surface area contributed by atoms with E-state index in [1.54, 1.807) is 25.1 Å². The molecule has 0 radical (unpaired) electrons. The molecule has 1 aliphatic rings. The fraction of sp³-hybridized carbons (Fsp3) is 0.500. The number of primary amides is 1. The number of carbonyl (C=O) groups excluding carboxylic acids is 1. The maximum absolute atomic E-state index is 11.8. The second-order valence-corrected chi connectivity index (χ2v) is 7.36. The molecule has 1 aromatic carbocycles. The van der Waals surface area contributed by atoms with E-state index < -0.39 is 15.8 Å². The van der Waals surface area contributed by atoms with Gasteiger partial charge in [-0.1, -0.05) is 23.7 Å². The van der Waals surface area contributed by atoms with Crippen molar-refractivity contribution in [1.82, 2.24) is 5.32 Å². The van der Waals surface area contributed by atoms with E-state index in [-0.39, 0.29) is 5.92 Å². The Morgan fingerprint density at radius 2 is 2.20 bits per heavy atom. The first-order chi connectivity index (χ1) is 9.25. The number of nitrogens with two attached hydrogens (primary N) is 1. The second kappa shape index (κ2) is 5.72. The molecule has 0 bridgehead atoms. The molecule has 2 atom stereocenters. The minimum atomic E-state index is -0.957. The van der Waals surface area contributed by atoms with Crippen LogP contribution in [0.25, 0.3) is 0 Å². The molecule has 0 spiro atoms. The van der Waals surface area contributed by atoms with E-state index in [1.807, 2.05) is 6.07 Å². The van der Waals surface area contributed by atoms with Gasteiger partial charge in [0.25, 0.3) is 0 Å². The average molecular weight is 336 g/mol. The summed E-state index contributed by atoms with van der Waals surface area (Å²) in [4.78, 5) is 11.8. The zero-order valence-electron chi connectivity index (χ0n) is 11.1. The smallest absolute Gasteiger partial charge is 0.242 e. The van der Waals surface area contributed by atoms with Gasteiger partial charge in [-0.3, -0.25) is 10.1 Å². The normalized spacial score (nSPS) is 23.1. The van der Waals surface area contributed by atoms with E-state index in [4.69, 9.17) is 40.5 Å². The molecule has 0 unspecified atom stereocenters. The van der Waals surface area contributed by atoms with Gasteiger partial charge < -0.3 is 5.73 Å². The molecule has 3 N–H and O–H groups in total. The van der Waals surface area contributed by atoms with Crippen LogP contribution in [-0.2, 0) is 10.3 Å². The lowest BCUT2D eigenvalue weighted by molar-refractivity contribution is -0.124. The highest BCUT2D eigenvalue weighted by atomic mass is 35.5. The van der Waals surface area contributed by atoms with Gasteiger partial charge in [0, 0.05) is 5.02 Å². The molecular formula is C14H17Cl3N2O. The molecule has 1 fully saturated rings. The van der Waals surface area contributed by atoms with Crippen molar-refractivity contribution in [1.29, 1.82) is 0 Å².